The van der Waals surface area contributed by atoms with Crippen molar-refractivity contribution in [3.63, 3.8) is 0 Å². The minimum Gasteiger partial charge on any atom is -0.307 e. The van der Waals surface area contributed by atoms with E-state index in [1.165, 1.54) is 38.5 Å². The van der Waals surface area contributed by atoms with Gasteiger partial charge in [-0.05, 0) is 66.7 Å². The summed E-state index contributed by atoms with van der Waals surface area (Å²) >= 11 is 1.94. The molecule has 1 heterocycles. The van der Waals surface area contributed by atoms with Crippen LogP contribution < -0.4 is 5.32 Å². The van der Waals surface area contributed by atoms with E-state index in [4.69, 9.17) is 0 Å². The zero-order valence-corrected chi connectivity index (χ0v) is 12.6. The molecule has 1 nitrogen and oxygen atoms in total. The molecular weight excluding hydrogens is 262 g/mol. The van der Waals surface area contributed by atoms with Crippen LogP contribution >= 0.6 is 11.3 Å². The Morgan fingerprint density at radius 3 is 2.85 bits per heavy atom. The number of aryl methyl sites for hydroxylation is 2. The molecule has 0 bridgehead atoms. The zero-order valence-electron chi connectivity index (χ0n) is 11.8. The molecule has 2 aliphatic rings. The minimum atomic E-state index is 0.597. The third-order valence-corrected chi connectivity index (χ3v) is 5.83. The molecule has 4 rings (SSSR count). The highest BCUT2D eigenvalue weighted by atomic mass is 32.1. The number of benzene rings is 1. The molecule has 0 radical (unpaired) electrons. The summed E-state index contributed by atoms with van der Waals surface area (Å²) in [6.07, 6.45) is 7.66. The second-order valence-electron chi connectivity index (χ2n) is 6.12. The van der Waals surface area contributed by atoms with Crippen LogP contribution in [0.15, 0.2) is 35.7 Å². The van der Waals surface area contributed by atoms with Gasteiger partial charge < -0.3 is 5.32 Å². The highest BCUT2D eigenvalue weighted by Crippen LogP contribution is 2.34. The Kier molecular flexibility index (Phi) is 3.37. The van der Waals surface area contributed by atoms with E-state index < -0.39 is 0 Å². The lowest BCUT2D eigenvalue weighted by molar-refractivity contribution is 0.370. The molecule has 2 aromatic rings. The standard InChI is InChI=1S/C18H21NS/c1-2-5-14-12-15(9-8-13(14)4-1)19-17-6-3-7-18-16(17)10-11-20-18/h1-2,4-5,10-11,15,17,19H,3,6-9,12H2. The van der Waals surface area contributed by atoms with E-state index in [1.807, 2.05) is 11.3 Å². The smallest absolute Gasteiger partial charge is 0.0333 e. The molecular formula is C18H21NS. The van der Waals surface area contributed by atoms with Crippen LogP contribution in [-0.4, -0.2) is 6.04 Å². The number of hydrogen-bond acceptors (Lipinski definition) is 2. The first-order chi connectivity index (χ1) is 9.90. The Morgan fingerprint density at radius 2 is 1.90 bits per heavy atom. The molecule has 20 heavy (non-hydrogen) atoms. The summed E-state index contributed by atoms with van der Waals surface area (Å²) in [6, 6.07) is 12.5. The predicted octanol–water partition coefficient (Wildman–Crippen LogP) is 4.27. The molecule has 0 amide bonds. The van der Waals surface area contributed by atoms with E-state index >= 15 is 0 Å². The third kappa shape index (κ3) is 2.32. The molecule has 104 valence electrons. The van der Waals surface area contributed by atoms with Crippen LogP contribution in [0.25, 0.3) is 0 Å². The maximum atomic E-state index is 3.95. The summed E-state index contributed by atoms with van der Waals surface area (Å²) in [6.45, 7) is 0. The maximum absolute atomic E-state index is 3.95. The molecule has 2 heteroatoms. The van der Waals surface area contributed by atoms with Crippen molar-refractivity contribution in [3.05, 3.63) is 57.3 Å². The van der Waals surface area contributed by atoms with Crippen molar-refractivity contribution in [2.45, 2.75) is 50.6 Å². The fourth-order valence-electron chi connectivity index (χ4n) is 3.78. The largest absolute Gasteiger partial charge is 0.307 e. The first-order valence-corrected chi connectivity index (χ1v) is 8.67. The summed E-state index contributed by atoms with van der Waals surface area (Å²) in [5.74, 6) is 0. The number of nitrogens with one attached hydrogen (secondary N) is 1. The molecule has 1 aromatic heterocycles. The lowest BCUT2D eigenvalue weighted by Gasteiger charge is -2.32. The van der Waals surface area contributed by atoms with Gasteiger partial charge in [0.2, 0.25) is 0 Å². The van der Waals surface area contributed by atoms with E-state index in [-0.39, 0.29) is 0 Å². The highest BCUT2D eigenvalue weighted by molar-refractivity contribution is 7.10. The zero-order chi connectivity index (χ0) is 13.4. The van der Waals surface area contributed by atoms with Gasteiger partial charge >= 0.3 is 0 Å². The van der Waals surface area contributed by atoms with Gasteiger partial charge in [0.15, 0.2) is 0 Å². The highest BCUT2D eigenvalue weighted by Gasteiger charge is 2.25. The second-order valence-corrected chi connectivity index (χ2v) is 7.12. The molecule has 2 atom stereocenters. The van der Waals surface area contributed by atoms with E-state index in [9.17, 15) is 0 Å². The van der Waals surface area contributed by atoms with Crippen LogP contribution in [0, 0.1) is 0 Å². The first kappa shape index (κ1) is 12.6. The van der Waals surface area contributed by atoms with Crippen LogP contribution in [0.2, 0.25) is 0 Å². The van der Waals surface area contributed by atoms with Crippen molar-refractivity contribution >= 4 is 11.3 Å². The van der Waals surface area contributed by atoms with Crippen molar-refractivity contribution < 1.29 is 0 Å². The first-order valence-electron chi connectivity index (χ1n) is 7.79. The number of rotatable bonds is 2. The van der Waals surface area contributed by atoms with Gasteiger partial charge in [0.1, 0.15) is 0 Å². The van der Waals surface area contributed by atoms with Crippen molar-refractivity contribution in [2.24, 2.45) is 0 Å². The average molecular weight is 283 g/mol. The average Bonchev–Trinajstić information content (AvgIpc) is 2.97. The van der Waals surface area contributed by atoms with Gasteiger partial charge in [-0.1, -0.05) is 24.3 Å². The molecule has 2 unspecified atom stereocenters. The van der Waals surface area contributed by atoms with E-state index in [0.29, 0.717) is 12.1 Å². The minimum absolute atomic E-state index is 0.597. The van der Waals surface area contributed by atoms with Gasteiger partial charge in [-0.3, -0.25) is 0 Å². The Morgan fingerprint density at radius 1 is 1.00 bits per heavy atom. The van der Waals surface area contributed by atoms with Crippen LogP contribution in [0.1, 0.15) is 46.9 Å². The lowest BCUT2D eigenvalue weighted by atomic mass is 9.86. The van der Waals surface area contributed by atoms with Gasteiger partial charge in [-0.15, -0.1) is 11.3 Å². The lowest BCUT2D eigenvalue weighted by Crippen LogP contribution is -2.38. The van der Waals surface area contributed by atoms with E-state index in [0.717, 1.165) is 0 Å². The predicted molar refractivity (Wildman–Crippen MR) is 85.4 cm³/mol. The van der Waals surface area contributed by atoms with Gasteiger partial charge in [0.25, 0.3) is 0 Å². The van der Waals surface area contributed by atoms with Crippen molar-refractivity contribution in [2.75, 3.05) is 0 Å². The molecule has 0 fully saturated rings. The molecule has 0 spiro atoms. The number of hydrogen-bond donors (Lipinski definition) is 1. The summed E-state index contributed by atoms with van der Waals surface area (Å²) in [5, 5.41) is 6.21. The van der Waals surface area contributed by atoms with Crippen molar-refractivity contribution in [1.29, 1.82) is 0 Å². The number of thiophene rings is 1. The monoisotopic (exact) mass is 283 g/mol. The fourth-order valence-corrected chi connectivity index (χ4v) is 4.77. The van der Waals surface area contributed by atoms with Crippen LogP contribution in [-0.2, 0) is 19.3 Å². The normalized spacial score (nSPS) is 25.0. The fraction of sp³-hybridized carbons (Fsp3) is 0.444. The molecule has 2 aliphatic carbocycles. The van der Waals surface area contributed by atoms with Crippen molar-refractivity contribution in [1.82, 2.24) is 5.32 Å². The third-order valence-electron chi connectivity index (χ3n) is 4.84. The molecule has 0 aliphatic heterocycles. The molecule has 1 N–H and O–H groups in total. The summed E-state index contributed by atoms with van der Waals surface area (Å²) in [7, 11) is 0. The maximum Gasteiger partial charge on any atom is 0.0333 e. The molecule has 0 saturated carbocycles. The van der Waals surface area contributed by atoms with Gasteiger partial charge in [0, 0.05) is 17.0 Å². The quantitative estimate of drug-likeness (QED) is 0.868. The summed E-state index contributed by atoms with van der Waals surface area (Å²) < 4.78 is 0. The van der Waals surface area contributed by atoms with Gasteiger partial charge in [0.05, 0.1) is 0 Å². The molecule has 1 aromatic carbocycles. The summed E-state index contributed by atoms with van der Waals surface area (Å²) in [4.78, 5) is 1.62. The SMILES string of the molecule is c1ccc2c(c1)CCC(NC1CCCc3sccc31)C2. The summed E-state index contributed by atoms with van der Waals surface area (Å²) in [5.41, 5.74) is 4.70. The second kappa shape index (κ2) is 5.34. The van der Waals surface area contributed by atoms with Gasteiger partial charge in [-0.2, -0.15) is 0 Å². The Bertz CT molecular complexity index is 601. The Labute approximate surface area is 125 Å². The van der Waals surface area contributed by atoms with Crippen LogP contribution in [0.4, 0.5) is 0 Å². The number of fused-ring (bicyclic) bond motifs is 2. The van der Waals surface area contributed by atoms with Crippen molar-refractivity contribution in [3.8, 4) is 0 Å². The Balaban J connectivity index is 1.49. The van der Waals surface area contributed by atoms with Gasteiger partial charge in [-0.25, -0.2) is 0 Å². The topological polar surface area (TPSA) is 12.0 Å². The van der Waals surface area contributed by atoms with Crippen LogP contribution in [0.5, 0.6) is 0 Å². The molecule has 0 saturated heterocycles. The van der Waals surface area contributed by atoms with E-state index in [2.05, 4.69) is 41.0 Å². The van der Waals surface area contributed by atoms with E-state index in [1.54, 1.807) is 21.6 Å². The Hall–Kier alpha value is -1.12. The van der Waals surface area contributed by atoms with Crippen LogP contribution in [0.3, 0.4) is 0 Å².